The maximum atomic E-state index is 13.0. The number of rotatable bonds is 2. The second-order valence-corrected chi connectivity index (χ2v) is 3.24. The van der Waals surface area contributed by atoms with Gasteiger partial charge in [0.05, 0.1) is 0 Å². The lowest BCUT2D eigenvalue weighted by Crippen LogP contribution is -2.13. The van der Waals surface area contributed by atoms with Crippen LogP contribution >= 0.6 is 0 Å². The zero-order chi connectivity index (χ0) is 11.5. The van der Waals surface area contributed by atoms with E-state index in [0.717, 1.165) is 6.07 Å². The molecule has 1 aromatic heterocycles. The second-order valence-electron chi connectivity index (χ2n) is 3.24. The van der Waals surface area contributed by atoms with Crippen LogP contribution in [0.4, 0.5) is 20.4 Å². The number of aromatic nitrogens is 2. The summed E-state index contributed by atoms with van der Waals surface area (Å²) in [7, 11) is 1.64. The topological polar surface area (TPSA) is 29.0 Å². The lowest BCUT2D eigenvalue weighted by Gasteiger charge is -2.16. The fourth-order valence-electron chi connectivity index (χ4n) is 1.31. The highest BCUT2D eigenvalue weighted by atomic mass is 19.1. The quantitative estimate of drug-likeness (QED) is 0.780. The van der Waals surface area contributed by atoms with E-state index in [-0.39, 0.29) is 0 Å². The van der Waals surface area contributed by atoms with Gasteiger partial charge in [0.2, 0.25) is 5.95 Å². The number of hydrogen-bond donors (Lipinski definition) is 0. The molecular weight excluding hydrogens is 212 g/mol. The van der Waals surface area contributed by atoms with Gasteiger partial charge < -0.3 is 4.90 Å². The first-order valence-electron chi connectivity index (χ1n) is 4.63. The molecule has 0 spiro atoms. The van der Waals surface area contributed by atoms with Gasteiger partial charge in [0, 0.05) is 31.2 Å². The van der Waals surface area contributed by atoms with Crippen molar-refractivity contribution in [2.75, 3.05) is 11.9 Å². The van der Waals surface area contributed by atoms with Crippen LogP contribution in [0.2, 0.25) is 0 Å². The summed E-state index contributed by atoms with van der Waals surface area (Å²) in [6.45, 7) is 0. The monoisotopic (exact) mass is 221 g/mol. The molecule has 3 nitrogen and oxygen atoms in total. The molecule has 0 bridgehead atoms. The first-order chi connectivity index (χ1) is 7.66. The minimum atomic E-state index is -0.627. The van der Waals surface area contributed by atoms with Crippen LogP contribution in [0.3, 0.4) is 0 Å². The molecule has 0 aliphatic heterocycles. The van der Waals surface area contributed by atoms with E-state index in [1.54, 1.807) is 25.5 Å². The average Bonchev–Trinajstić information content (AvgIpc) is 2.28. The molecule has 0 saturated heterocycles. The smallest absolute Gasteiger partial charge is 0.229 e. The van der Waals surface area contributed by atoms with E-state index < -0.39 is 11.6 Å². The molecule has 0 N–H and O–H groups in total. The first kappa shape index (κ1) is 10.5. The lowest BCUT2D eigenvalue weighted by atomic mass is 10.3. The van der Waals surface area contributed by atoms with Crippen molar-refractivity contribution in [2.45, 2.75) is 0 Å². The Bertz CT molecular complexity index is 468. The number of nitrogens with zero attached hydrogens (tertiary/aromatic N) is 3. The molecule has 2 aromatic rings. The van der Waals surface area contributed by atoms with Gasteiger partial charge in [0.1, 0.15) is 11.6 Å². The number of hydrogen-bond acceptors (Lipinski definition) is 3. The van der Waals surface area contributed by atoms with Gasteiger partial charge in [-0.1, -0.05) is 0 Å². The number of anilines is 2. The van der Waals surface area contributed by atoms with E-state index in [4.69, 9.17) is 0 Å². The van der Waals surface area contributed by atoms with Crippen LogP contribution < -0.4 is 4.90 Å². The maximum absolute atomic E-state index is 13.0. The van der Waals surface area contributed by atoms with E-state index in [9.17, 15) is 8.78 Å². The third-order valence-electron chi connectivity index (χ3n) is 2.09. The Labute approximate surface area is 91.4 Å². The lowest BCUT2D eigenvalue weighted by molar-refractivity contribution is 0.583. The molecule has 0 fully saturated rings. The molecular formula is C11H9F2N3. The Balaban J connectivity index is 2.37. The van der Waals surface area contributed by atoms with E-state index in [0.29, 0.717) is 11.6 Å². The predicted molar refractivity (Wildman–Crippen MR) is 56.5 cm³/mol. The summed E-state index contributed by atoms with van der Waals surface area (Å²) in [4.78, 5) is 9.47. The van der Waals surface area contributed by atoms with Gasteiger partial charge in [-0.3, -0.25) is 0 Å². The van der Waals surface area contributed by atoms with Gasteiger partial charge >= 0.3 is 0 Å². The highest BCUT2D eigenvalue weighted by Crippen LogP contribution is 2.21. The van der Waals surface area contributed by atoms with Crippen LogP contribution in [-0.4, -0.2) is 17.0 Å². The summed E-state index contributed by atoms with van der Waals surface area (Å²) in [5.74, 6) is -0.872. The summed E-state index contributed by atoms with van der Waals surface area (Å²) < 4.78 is 26.0. The Kier molecular flexibility index (Phi) is 2.76. The molecule has 5 heteroatoms. The zero-order valence-corrected chi connectivity index (χ0v) is 8.56. The van der Waals surface area contributed by atoms with Gasteiger partial charge in [0.15, 0.2) is 0 Å². The molecule has 82 valence electrons. The average molecular weight is 221 g/mol. The predicted octanol–water partition coefficient (Wildman–Crippen LogP) is 2.52. The molecule has 0 amide bonds. The summed E-state index contributed by atoms with van der Waals surface area (Å²) in [6.07, 6.45) is 3.13. The van der Waals surface area contributed by atoms with Gasteiger partial charge in [-0.2, -0.15) is 0 Å². The molecule has 0 radical (unpaired) electrons. The third-order valence-corrected chi connectivity index (χ3v) is 2.09. The summed E-state index contributed by atoms with van der Waals surface area (Å²) in [5, 5.41) is 0. The fourth-order valence-corrected chi connectivity index (χ4v) is 1.31. The van der Waals surface area contributed by atoms with Crippen molar-refractivity contribution in [1.82, 2.24) is 9.97 Å². The summed E-state index contributed by atoms with van der Waals surface area (Å²) >= 11 is 0. The van der Waals surface area contributed by atoms with Crippen LogP contribution in [0, 0.1) is 11.6 Å². The van der Waals surface area contributed by atoms with Gasteiger partial charge in [-0.25, -0.2) is 18.7 Å². The summed E-state index contributed by atoms with van der Waals surface area (Å²) in [5.41, 5.74) is 0.365. The highest BCUT2D eigenvalue weighted by Gasteiger charge is 2.08. The normalized spacial score (nSPS) is 10.2. The van der Waals surface area contributed by atoms with Crippen LogP contribution in [-0.2, 0) is 0 Å². The molecule has 0 unspecified atom stereocenters. The maximum Gasteiger partial charge on any atom is 0.229 e. The molecule has 2 rings (SSSR count). The van der Waals surface area contributed by atoms with E-state index >= 15 is 0 Å². The Morgan fingerprint density at radius 1 is 1.00 bits per heavy atom. The van der Waals surface area contributed by atoms with Crippen molar-refractivity contribution in [3.63, 3.8) is 0 Å². The number of halogens is 2. The van der Waals surface area contributed by atoms with Crippen LogP contribution in [0.1, 0.15) is 0 Å². The van der Waals surface area contributed by atoms with E-state index in [1.165, 1.54) is 17.0 Å². The Morgan fingerprint density at radius 3 is 2.12 bits per heavy atom. The molecule has 16 heavy (non-hydrogen) atoms. The van der Waals surface area contributed by atoms with Crippen molar-refractivity contribution in [1.29, 1.82) is 0 Å². The van der Waals surface area contributed by atoms with Gasteiger partial charge in [-0.15, -0.1) is 0 Å². The van der Waals surface area contributed by atoms with Crippen molar-refractivity contribution in [2.24, 2.45) is 0 Å². The Hall–Kier alpha value is -2.04. The standard InChI is InChI=1S/C11H9F2N3/c1-16(11-14-3-2-4-15-11)10-6-8(12)5-9(13)7-10/h2-7H,1H3. The van der Waals surface area contributed by atoms with Crippen molar-refractivity contribution in [3.05, 3.63) is 48.3 Å². The highest BCUT2D eigenvalue weighted by molar-refractivity contribution is 5.55. The molecule has 0 aliphatic rings. The first-order valence-corrected chi connectivity index (χ1v) is 4.63. The minimum Gasteiger partial charge on any atom is -0.313 e. The SMILES string of the molecule is CN(c1cc(F)cc(F)c1)c1ncccn1. The van der Waals surface area contributed by atoms with E-state index in [1.807, 2.05) is 0 Å². The van der Waals surface area contributed by atoms with E-state index in [2.05, 4.69) is 9.97 Å². The summed E-state index contributed by atoms with van der Waals surface area (Å²) in [6, 6.07) is 4.94. The van der Waals surface area contributed by atoms with Crippen molar-refractivity contribution in [3.8, 4) is 0 Å². The molecule has 0 atom stereocenters. The van der Waals surface area contributed by atoms with Crippen LogP contribution in [0.5, 0.6) is 0 Å². The molecule has 0 saturated carbocycles. The van der Waals surface area contributed by atoms with Gasteiger partial charge in [0.25, 0.3) is 0 Å². The number of benzene rings is 1. The fraction of sp³-hybridized carbons (Fsp3) is 0.0909. The molecule has 0 aliphatic carbocycles. The van der Waals surface area contributed by atoms with Crippen molar-refractivity contribution < 1.29 is 8.78 Å². The second kappa shape index (κ2) is 4.22. The Morgan fingerprint density at radius 2 is 1.56 bits per heavy atom. The van der Waals surface area contributed by atoms with Crippen LogP contribution in [0.25, 0.3) is 0 Å². The van der Waals surface area contributed by atoms with Gasteiger partial charge in [-0.05, 0) is 18.2 Å². The molecule has 1 heterocycles. The van der Waals surface area contributed by atoms with Crippen molar-refractivity contribution >= 4 is 11.6 Å². The zero-order valence-electron chi connectivity index (χ0n) is 8.56. The third kappa shape index (κ3) is 2.13. The minimum absolute atomic E-state index is 0.365. The van der Waals surface area contributed by atoms with Crippen LogP contribution in [0.15, 0.2) is 36.7 Å². The largest absolute Gasteiger partial charge is 0.313 e. The molecule has 1 aromatic carbocycles.